The molecule has 2 N–H and O–H groups in total. The highest BCUT2D eigenvalue weighted by molar-refractivity contribution is 6.02. The Hall–Kier alpha value is -3.99. The van der Waals surface area contributed by atoms with Gasteiger partial charge in [-0.05, 0) is 47.7 Å². The number of ether oxygens (including phenoxy) is 2. The van der Waals surface area contributed by atoms with E-state index in [0.29, 0.717) is 12.1 Å². The highest BCUT2D eigenvalue weighted by Gasteiger charge is 2.25. The van der Waals surface area contributed by atoms with Crippen molar-refractivity contribution >= 4 is 5.91 Å². The molecule has 5 rings (SSSR count). The van der Waals surface area contributed by atoms with E-state index in [4.69, 9.17) is 15.2 Å². The van der Waals surface area contributed by atoms with Gasteiger partial charge >= 0.3 is 0 Å². The normalized spacial score (nSPS) is 12.2. The predicted octanol–water partition coefficient (Wildman–Crippen LogP) is 5.96. The standard InChI is InChI=1S/C29H28N2O3/c1-3-7-24-28(23-13-11-22(12-14-23)21-8-5-4-6-9-21)27(29(30)32)19(2)31(24)17-20-10-15-25-26(16-20)34-18-33-25/h4-6,8-16H,3,7,17-18H2,1-2H3,(H2,30,32). The highest BCUT2D eigenvalue weighted by atomic mass is 16.7. The molecule has 0 aliphatic carbocycles. The Bertz CT molecular complexity index is 1340. The van der Waals surface area contributed by atoms with Crippen molar-refractivity contribution < 1.29 is 14.3 Å². The van der Waals surface area contributed by atoms with Gasteiger partial charge in [0, 0.05) is 23.5 Å². The molecule has 1 aromatic heterocycles. The summed E-state index contributed by atoms with van der Waals surface area (Å²) in [7, 11) is 0. The smallest absolute Gasteiger partial charge is 0.251 e. The van der Waals surface area contributed by atoms with Crippen molar-refractivity contribution in [2.24, 2.45) is 5.73 Å². The van der Waals surface area contributed by atoms with Crippen LogP contribution in [0.4, 0.5) is 0 Å². The first-order valence-electron chi connectivity index (χ1n) is 11.6. The molecule has 2 heterocycles. The minimum Gasteiger partial charge on any atom is -0.454 e. The van der Waals surface area contributed by atoms with E-state index >= 15 is 0 Å². The average molecular weight is 453 g/mol. The number of nitrogens with zero attached hydrogens (tertiary/aromatic N) is 1. The summed E-state index contributed by atoms with van der Waals surface area (Å²) < 4.78 is 13.2. The summed E-state index contributed by atoms with van der Waals surface area (Å²) in [6.45, 7) is 5.01. The SMILES string of the molecule is CCCc1c(-c2ccc(-c3ccccc3)cc2)c(C(N)=O)c(C)n1Cc1ccc2c(c1)OCO2. The van der Waals surface area contributed by atoms with Crippen LogP contribution in [0.1, 0.15) is 40.7 Å². The molecule has 0 saturated heterocycles. The lowest BCUT2D eigenvalue weighted by molar-refractivity contribution is 0.1000. The third-order valence-corrected chi connectivity index (χ3v) is 6.42. The van der Waals surface area contributed by atoms with E-state index in [1.54, 1.807) is 0 Å². The fraction of sp³-hybridized carbons (Fsp3) is 0.207. The second-order valence-corrected chi connectivity index (χ2v) is 8.61. The molecule has 1 aliphatic heterocycles. The summed E-state index contributed by atoms with van der Waals surface area (Å²) in [6.07, 6.45) is 1.80. The third kappa shape index (κ3) is 3.94. The van der Waals surface area contributed by atoms with Gasteiger partial charge in [-0.2, -0.15) is 0 Å². The largest absolute Gasteiger partial charge is 0.454 e. The zero-order chi connectivity index (χ0) is 23.7. The van der Waals surface area contributed by atoms with Gasteiger partial charge in [-0.15, -0.1) is 0 Å². The summed E-state index contributed by atoms with van der Waals surface area (Å²) in [5.41, 5.74) is 13.9. The zero-order valence-corrected chi connectivity index (χ0v) is 19.5. The van der Waals surface area contributed by atoms with Crippen molar-refractivity contribution in [3.05, 3.63) is 95.3 Å². The van der Waals surface area contributed by atoms with E-state index in [2.05, 4.69) is 47.9 Å². The number of carbonyl (C=O) groups is 1. The lowest BCUT2D eigenvalue weighted by Crippen LogP contribution is -2.13. The maximum atomic E-state index is 12.7. The second kappa shape index (κ2) is 9.10. The van der Waals surface area contributed by atoms with E-state index < -0.39 is 5.91 Å². The maximum absolute atomic E-state index is 12.7. The topological polar surface area (TPSA) is 66.5 Å². The average Bonchev–Trinajstić information content (AvgIpc) is 3.43. The first-order chi connectivity index (χ1) is 16.6. The van der Waals surface area contributed by atoms with Gasteiger partial charge in [-0.3, -0.25) is 4.79 Å². The van der Waals surface area contributed by atoms with Crippen LogP contribution in [0.25, 0.3) is 22.3 Å². The Morgan fingerprint density at radius 1 is 0.912 bits per heavy atom. The van der Waals surface area contributed by atoms with Crippen LogP contribution in [0.15, 0.2) is 72.8 Å². The molecule has 5 heteroatoms. The Morgan fingerprint density at radius 3 is 2.29 bits per heavy atom. The molecule has 0 radical (unpaired) electrons. The number of primary amides is 1. The molecule has 5 nitrogen and oxygen atoms in total. The number of carbonyl (C=O) groups excluding carboxylic acids is 1. The van der Waals surface area contributed by atoms with Gasteiger partial charge in [0.2, 0.25) is 6.79 Å². The van der Waals surface area contributed by atoms with Crippen molar-refractivity contribution in [2.45, 2.75) is 33.2 Å². The molecule has 0 unspecified atom stereocenters. The molecule has 3 aromatic carbocycles. The molecule has 172 valence electrons. The quantitative estimate of drug-likeness (QED) is 0.376. The molecular weight excluding hydrogens is 424 g/mol. The summed E-state index contributed by atoms with van der Waals surface area (Å²) in [6, 6.07) is 24.7. The molecule has 0 spiro atoms. The van der Waals surface area contributed by atoms with Crippen LogP contribution >= 0.6 is 0 Å². The van der Waals surface area contributed by atoms with Crippen LogP contribution in [0.5, 0.6) is 11.5 Å². The number of hydrogen-bond donors (Lipinski definition) is 1. The minimum atomic E-state index is -0.401. The number of aromatic nitrogens is 1. The number of amides is 1. The van der Waals surface area contributed by atoms with E-state index in [-0.39, 0.29) is 6.79 Å². The third-order valence-electron chi connectivity index (χ3n) is 6.42. The Kier molecular flexibility index (Phi) is 5.84. The minimum absolute atomic E-state index is 0.247. The van der Waals surface area contributed by atoms with Crippen LogP contribution in [0, 0.1) is 6.92 Å². The molecule has 1 aliphatic rings. The summed E-state index contributed by atoms with van der Waals surface area (Å²) in [5.74, 6) is 1.12. The predicted molar refractivity (Wildman–Crippen MR) is 134 cm³/mol. The molecule has 4 aromatic rings. The van der Waals surface area contributed by atoms with Crippen molar-refractivity contribution in [3.63, 3.8) is 0 Å². The van der Waals surface area contributed by atoms with Crippen molar-refractivity contribution in [1.29, 1.82) is 0 Å². The monoisotopic (exact) mass is 452 g/mol. The van der Waals surface area contributed by atoms with Crippen molar-refractivity contribution in [2.75, 3.05) is 6.79 Å². The number of fused-ring (bicyclic) bond motifs is 1. The van der Waals surface area contributed by atoms with Gasteiger partial charge in [0.1, 0.15) is 0 Å². The second-order valence-electron chi connectivity index (χ2n) is 8.61. The number of nitrogens with two attached hydrogens (primary N) is 1. The van der Waals surface area contributed by atoms with Crippen LogP contribution in [0.2, 0.25) is 0 Å². The van der Waals surface area contributed by atoms with Crippen molar-refractivity contribution in [1.82, 2.24) is 4.57 Å². The van der Waals surface area contributed by atoms with Gasteiger partial charge in [0.05, 0.1) is 5.56 Å². The number of benzene rings is 3. The van der Waals surface area contributed by atoms with Gasteiger partial charge in [0.25, 0.3) is 5.91 Å². The van der Waals surface area contributed by atoms with Gasteiger partial charge < -0.3 is 19.8 Å². The van der Waals surface area contributed by atoms with E-state index in [1.807, 2.05) is 43.3 Å². The molecular formula is C29H28N2O3. The van der Waals surface area contributed by atoms with E-state index in [0.717, 1.165) is 63.5 Å². The lowest BCUT2D eigenvalue weighted by Gasteiger charge is -2.14. The number of hydrogen-bond acceptors (Lipinski definition) is 3. The molecule has 0 saturated carbocycles. The molecule has 0 atom stereocenters. The van der Waals surface area contributed by atoms with Gasteiger partial charge in [-0.1, -0.05) is 74.0 Å². The lowest BCUT2D eigenvalue weighted by atomic mass is 9.96. The number of rotatable bonds is 7. The summed E-state index contributed by atoms with van der Waals surface area (Å²) >= 11 is 0. The van der Waals surface area contributed by atoms with Gasteiger partial charge in [0.15, 0.2) is 11.5 Å². The zero-order valence-electron chi connectivity index (χ0n) is 19.5. The van der Waals surface area contributed by atoms with Crippen LogP contribution in [-0.4, -0.2) is 17.3 Å². The van der Waals surface area contributed by atoms with Crippen LogP contribution in [-0.2, 0) is 13.0 Å². The molecule has 34 heavy (non-hydrogen) atoms. The van der Waals surface area contributed by atoms with E-state index in [9.17, 15) is 4.79 Å². The Balaban J connectivity index is 1.60. The Labute approximate surface area is 199 Å². The molecule has 0 fully saturated rings. The van der Waals surface area contributed by atoms with Crippen LogP contribution < -0.4 is 15.2 Å². The summed E-state index contributed by atoms with van der Waals surface area (Å²) in [4.78, 5) is 12.7. The first kappa shape index (κ1) is 21.8. The maximum Gasteiger partial charge on any atom is 0.251 e. The highest BCUT2D eigenvalue weighted by Crippen LogP contribution is 2.37. The van der Waals surface area contributed by atoms with E-state index in [1.165, 1.54) is 0 Å². The fourth-order valence-corrected chi connectivity index (χ4v) is 4.80. The fourth-order valence-electron chi connectivity index (χ4n) is 4.80. The Morgan fingerprint density at radius 2 is 1.59 bits per heavy atom. The van der Waals surface area contributed by atoms with Crippen LogP contribution in [0.3, 0.4) is 0 Å². The first-order valence-corrected chi connectivity index (χ1v) is 11.6. The molecule has 0 bridgehead atoms. The van der Waals surface area contributed by atoms with Crippen molar-refractivity contribution in [3.8, 4) is 33.8 Å². The molecule has 1 amide bonds. The summed E-state index contributed by atoms with van der Waals surface area (Å²) in [5, 5.41) is 0. The van der Waals surface area contributed by atoms with Gasteiger partial charge in [-0.25, -0.2) is 0 Å².